The summed E-state index contributed by atoms with van der Waals surface area (Å²) in [7, 11) is -3.72. The number of carbonyl (C=O) groups excluding carboxylic acids is 1. The molecule has 0 spiro atoms. The average molecular weight is 348 g/mol. The minimum Gasteiger partial charge on any atom is -0.312 e. The van der Waals surface area contributed by atoms with Gasteiger partial charge in [0, 0.05) is 29.9 Å². The number of nitrogens with one attached hydrogen (secondary N) is 1. The number of nitrogens with zero attached hydrogens (tertiary/aromatic N) is 1. The summed E-state index contributed by atoms with van der Waals surface area (Å²) in [6.45, 7) is 0.678. The van der Waals surface area contributed by atoms with E-state index in [1.165, 1.54) is 18.2 Å². The Balaban J connectivity index is 1.71. The van der Waals surface area contributed by atoms with Gasteiger partial charge in [-0.15, -0.1) is 0 Å². The van der Waals surface area contributed by atoms with E-state index in [1.807, 2.05) is 0 Å². The van der Waals surface area contributed by atoms with E-state index in [9.17, 15) is 17.6 Å². The molecule has 1 saturated heterocycles. The number of amides is 1. The van der Waals surface area contributed by atoms with Crippen molar-refractivity contribution in [1.82, 2.24) is 0 Å². The number of hydrogen-bond acceptors (Lipinski definition) is 3. The van der Waals surface area contributed by atoms with E-state index >= 15 is 0 Å². The first-order valence-electron chi connectivity index (χ1n) is 7.59. The lowest BCUT2D eigenvalue weighted by molar-refractivity contribution is -0.117. The maximum Gasteiger partial charge on any atom is 0.237 e. The Labute approximate surface area is 140 Å². The number of rotatable bonds is 5. The summed E-state index contributed by atoms with van der Waals surface area (Å²) >= 11 is 0. The van der Waals surface area contributed by atoms with Crippen LogP contribution in [0, 0.1) is 5.82 Å². The second-order valence-electron chi connectivity index (χ2n) is 5.65. The number of benzene rings is 2. The smallest absolute Gasteiger partial charge is 0.237 e. The van der Waals surface area contributed by atoms with Gasteiger partial charge in [0.2, 0.25) is 15.9 Å². The highest BCUT2D eigenvalue weighted by Crippen LogP contribution is 2.24. The molecule has 0 radical (unpaired) electrons. The second kappa shape index (κ2) is 6.60. The molecule has 126 valence electrons. The van der Waals surface area contributed by atoms with Crippen molar-refractivity contribution in [2.45, 2.75) is 18.6 Å². The predicted octanol–water partition coefficient (Wildman–Crippen LogP) is 2.89. The molecule has 3 rings (SSSR count). The third-order valence-electron chi connectivity index (χ3n) is 3.83. The van der Waals surface area contributed by atoms with Gasteiger partial charge in [-0.2, -0.15) is 0 Å². The van der Waals surface area contributed by atoms with Gasteiger partial charge in [0.1, 0.15) is 5.82 Å². The molecular weight excluding hydrogens is 331 g/mol. The number of halogens is 1. The van der Waals surface area contributed by atoms with Crippen LogP contribution in [0.2, 0.25) is 0 Å². The number of carbonyl (C=O) groups is 1. The van der Waals surface area contributed by atoms with E-state index < -0.39 is 21.6 Å². The van der Waals surface area contributed by atoms with Gasteiger partial charge in [-0.3, -0.25) is 9.52 Å². The van der Waals surface area contributed by atoms with Gasteiger partial charge >= 0.3 is 0 Å². The molecule has 2 aromatic carbocycles. The van der Waals surface area contributed by atoms with E-state index in [0.717, 1.165) is 12.1 Å². The minimum absolute atomic E-state index is 0.0721. The molecule has 1 aliphatic rings. The summed E-state index contributed by atoms with van der Waals surface area (Å²) in [6, 6.07) is 12.4. The molecule has 1 fully saturated rings. The molecule has 0 atom stereocenters. The van der Waals surface area contributed by atoms with Crippen molar-refractivity contribution in [2.24, 2.45) is 0 Å². The van der Waals surface area contributed by atoms with E-state index in [4.69, 9.17) is 0 Å². The van der Waals surface area contributed by atoms with Gasteiger partial charge in [0.25, 0.3) is 0 Å². The molecule has 0 bridgehead atoms. The first-order valence-corrected chi connectivity index (χ1v) is 9.24. The zero-order valence-corrected chi connectivity index (χ0v) is 13.7. The molecule has 1 N–H and O–H groups in total. The van der Waals surface area contributed by atoms with E-state index in [-0.39, 0.29) is 11.5 Å². The third-order valence-corrected chi connectivity index (χ3v) is 5.07. The summed E-state index contributed by atoms with van der Waals surface area (Å²) in [4.78, 5) is 13.4. The number of hydrogen-bond donors (Lipinski definition) is 1. The SMILES string of the molecule is O=C1CCCN1c1ccc(NS(=O)(=O)Cc2ccccc2F)cc1. The van der Waals surface area contributed by atoms with Crippen LogP contribution in [-0.4, -0.2) is 20.9 Å². The highest BCUT2D eigenvalue weighted by Gasteiger charge is 2.21. The normalized spacial score (nSPS) is 14.9. The second-order valence-corrected chi connectivity index (χ2v) is 7.37. The van der Waals surface area contributed by atoms with Crippen LogP contribution >= 0.6 is 0 Å². The zero-order valence-electron chi connectivity index (χ0n) is 12.9. The Morgan fingerprint density at radius 1 is 1.08 bits per heavy atom. The standard InChI is InChI=1S/C17H17FN2O3S/c18-16-5-2-1-4-13(16)12-24(22,23)19-14-7-9-15(10-8-14)20-11-3-6-17(20)21/h1-2,4-5,7-10,19H,3,6,11-12H2. The summed E-state index contributed by atoms with van der Waals surface area (Å²) in [5, 5.41) is 0. The number of anilines is 2. The fourth-order valence-electron chi connectivity index (χ4n) is 2.67. The largest absolute Gasteiger partial charge is 0.312 e. The maximum absolute atomic E-state index is 13.6. The van der Waals surface area contributed by atoms with Crippen molar-refractivity contribution in [1.29, 1.82) is 0 Å². The van der Waals surface area contributed by atoms with Crippen molar-refractivity contribution in [3.05, 3.63) is 59.9 Å². The predicted molar refractivity (Wildman–Crippen MR) is 90.7 cm³/mol. The van der Waals surface area contributed by atoms with Crippen LogP contribution in [-0.2, 0) is 20.6 Å². The van der Waals surface area contributed by atoms with E-state index in [2.05, 4.69) is 4.72 Å². The molecule has 24 heavy (non-hydrogen) atoms. The molecule has 0 unspecified atom stereocenters. The van der Waals surface area contributed by atoms with Crippen LogP contribution in [0.5, 0.6) is 0 Å². The van der Waals surface area contributed by atoms with Crippen LogP contribution in [0.4, 0.5) is 15.8 Å². The van der Waals surface area contributed by atoms with Gasteiger partial charge < -0.3 is 4.90 Å². The van der Waals surface area contributed by atoms with Gasteiger partial charge in [-0.1, -0.05) is 18.2 Å². The van der Waals surface area contributed by atoms with Gasteiger partial charge in [0.15, 0.2) is 0 Å². The summed E-state index contributed by atoms with van der Waals surface area (Å²) in [5.74, 6) is -0.917. The monoisotopic (exact) mass is 348 g/mol. The van der Waals surface area contributed by atoms with Crippen molar-refractivity contribution < 1.29 is 17.6 Å². The highest BCUT2D eigenvalue weighted by molar-refractivity contribution is 7.91. The van der Waals surface area contributed by atoms with Crippen LogP contribution in [0.1, 0.15) is 18.4 Å². The third kappa shape index (κ3) is 3.73. The van der Waals surface area contributed by atoms with E-state index in [1.54, 1.807) is 35.2 Å². The molecule has 1 heterocycles. The first kappa shape index (κ1) is 16.4. The Morgan fingerprint density at radius 2 is 1.79 bits per heavy atom. The number of sulfonamides is 1. The molecule has 1 amide bonds. The Kier molecular flexibility index (Phi) is 4.53. The van der Waals surface area contributed by atoms with Crippen molar-refractivity contribution >= 4 is 27.3 Å². The van der Waals surface area contributed by atoms with Gasteiger partial charge in [-0.05, 0) is 36.8 Å². The Hall–Kier alpha value is -2.41. The minimum atomic E-state index is -3.72. The van der Waals surface area contributed by atoms with Crippen LogP contribution in [0.25, 0.3) is 0 Å². The fourth-order valence-corrected chi connectivity index (χ4v) is 3.88. The van der Waals surface area contributed by atoms with Gasteiger partial charge in [-0.25, -0.2) is 12.8 Å². The molecule has 1 aliphatic heterocycles. The first-order chi connectivity index (χ1) is 11.4. The molecule has 5 nitrogen and oxygen atoms in total. The van der Waals surface area contributed by atoms with Crippen LogP contribution < -0.4 is 9.62 Å². The molecule has 2 aromatic rings. The molecule has 0 saturated carbocycles. The topological polar surface area (TPSA) is 66.5 Å². The van der Waals surface area contributed by atoms with E-state index in [0.29, 0.717) is 18.7 Å². The lowest BCUT2D eigenvalue weighted by atomic mass is 10.2. The summed E-state index contributed by atoms with van der Waals surface area (Å²) < 4.78 is 40.4. The lowest BCUT2D eigenvalue weighted by Crippen LogP contribution is -2.23. The van der Waals surface area contributed by atoms with Crippen LogP contribution in [0.15, 0.2) is 48.5 Å². The van der Waals surface area contributed by atoms with Crippen molar-refractivity contribution in [3.8, 4) is 0 Å². The fraction of sp³-hybridized carbons (Fsp3) is 0.235. The Morgan fingerprint density at radius 3 is 2.42 bits per heavy atom. The van der Waals surface area contributed by atoms with Gasteiger partial charge in [0.05, 0.1) is 5.75 Å². The molecule has 0 aliphatic carbocycles. The molecular formula is C17H17FN2O3S. The quantitative estimate of drug-likeness (QED) is 0.903. The lowest BCUT2D eigenvalue weighted by Gasteiger charge is -2.16. The maximum atomic E-state index is 13.6. The summed E-state index contributed by atoms with van der Waals surface area (Å²) in [5.41, 5.74) is 1.24. The average Bonchev–Trinajstić information content (AvgIpc) is 2.96. The Bertz CT molecular complexity index is 850. The molecule has 7 heteroatoms. The summed E-state index contributed by atoms with van der Waals surface area (Å²) in [6.07, 6.45) is 1.37. The zero-order chi connectivity index (χ0) is 17.2. The van der Waals surface area contributed by atoms with Crippen molar-refractivity contribution in [2.75, 3.05) is 16.2 Å². The molecule has 0 aromatic heterocycles. The van der Waals surface area contributed by atoms with Crippen molar-refractivity contribution in [3.63, 3.8) is 0 Å². The highest BCUT2D eigenvalue weighted by atomic mass is 32.2. The van der Waals surface area contributed by atoms with Crippen LogP contribution in [0.3, 0.4) is 0 Å².